The molecule has 17 nitrogen and oxygen atoms in total. The number of rotatable bonds is 7. The first-order chi connectivity index (χ1) is 28.6. The van der Waals surface area contributed by atoms with Gasteiger partial charge in [0.1, 0.15) is 17.9 Å². The molecule has 4 aromatic rings. The van der Waals surface area contributed by atoms with Crippen molar-refractivity contribution in [2.24, 2.45) is 34.8 Å². The first-order valence-corrected chi connectivity index (χ1v) is 17.9. The lowest BCUT2D eigenvalue weighted by Crippen LogP contribution is -2.46. The average molecular weight is 884 g/mol. The number of nitrogens with one attached hydrogen (secondary N) is 4. The predicted molar refractivity (Wildman–Crippen MR) is 210 cm³/mol. The lowest BCUT2D eigenvalue weighted by atomic mass is 10.1. The van der Waals surface area contributed by atoms with Crippen molar-refractivity contribution in [2.75, 3.05) is 62.2 Å². The van der Waals surface area contributed by atoms with Gasteiger partial charge in [-0.2, -0.15) is 44.6 Å². The summed E-state index contributed by atoms with van der Waals surface area (Å²) in [6.07, 6.45) is -2.73. The highest BCUT2D eigenvalue weighted by atomic mass is 19.4. The van der Waals surface area contributed by atoms with Crippen LogP contribution < -0.4 is 44.0 Å². The van der Waals surface area contributed by atoms with Gasteiger partial charge < -0.3 is 42.1 Å². The molecule has 0 unspecified atom stereocenters. The second-order valence-corrected chi connectivity index (χ2v) is 12.8. The first-order valence-electron chi connectivity index (χ1n) is 17.9. The molecule has 2 fully saturated rings. The van der Waals surface area contributed by atoms with Gasteiger partial charge in [-0.15, -0.1) is 0 Å². The Morgan fingerprint density at radius 3 is 1.62 bits per heavy atom. The number of carbonyl (C=O) groups is 2. The van der Waals surface area contributed by atoms with E-state index in [-0.39, 0.29) is 11.9 Å². The van der Waals surface area contributed by atoms with E-state index in [1.54, 1.807) is 18.5 Å². The second-order valence-electron chi connectivity index (χ2n) is 12.8. The first kappa shape index (κ1) is 53.0. The summed E-state index contributed by atoms with van der Waals surface area (Å²) in [4.78, 5) is 37.8. The van der Waals surface area contributed by atoms with E-state index in [2.05, 4.69) is 58.5 Å². The van der Waals surface area contributed by atoms with Gasteiger partial charge in [0.2, 0.25) is 5.91 Å². The molecule has 1 amide bonds. The third-order valence-electron chi connectivity index (χ3n) is 7.91. The SMILES string of the molecule is CC(C)C=O.FC(F)(F)c1ccc(N2CCNCC2)nc1.FC(F)F.N=C(N)N.NC(=O)c1c[nH]c(-c2[nH]ncc2CN2CCN(c3ccc(C(F)(F)F)cn3)CC2)c1.NN. The maximum absolute atomic E-state index is 12.7. The molecule has 26 heteroatoms. The van der Waals surface area contributed by atoms with Crippen LogP contribution in [-0.2, 0) is 23.7 Å². The summed E-state index contributed by atoms with van der Waals surface area (Å²) < 4.78 is 104. The number of carbonyl (C=O) groups excluding carboxylic acids is 2. The van der Waals surface area contributed by atoms with Crippen molar-refractivity contribution in [3.8, 4) is 11.4 Å². The number of primary amides is 1. The van der Waals surface area contributed by atoms with Crippen molar-refractivity contribution in [3.05, 3.63) is 77.4 Å². The molecule has 6 heterocycles. The molecule has 0 bridgehead atoms. The van der Waals surface area contributed by atoms with E-state index in [1.807, 2.05) is 23.6 Å². The number of anilines is 2. The zero-order valence-corrected chi connectivity index (χ0v) is 33.1. The summed E-state index contributed by atoms with van der Waals surface area (Å²) in [5, 5.41) is 16.3. The van der Waals surface area contributed by atoms with Crippen molar-refractivity contribution in [1.82, 2.24) is 35.4 Å². The normalized spacial score (nSPS) is 14.0. The lowest BCUT2D eigenvalue weighted by molar-refractivity contribution is -0.138. The molecular weight excluding hydrogens is 833 g/mol. The van der Waals surface area contributed by atoms with E-state index in [0.29, 0.717) is 36.8 Å². The number of aromatic amines is 2. The molecule has 61 heavy (non-hydrogen) atoms. The Labute approximate surface area is 344 Å². The van der Waals surface area contributed by atoms with Crippen LogP contribution in [0.4, 0.5) is 51.1 Å². The van der Waals surface area contributed by atoms with Gasteiger partial charge in [0.15, 0.2) is 5.96 Å². The molecule has 0 aromatic carbocycles. The number of hydrogen-bond acceptors (Lipinski definition) is 12. The molecule has 2 aliphatic rings. The molecule has 0 saturated carbocycles. The van der Waals surface area contributed by atoms with E-state index in [4.69, 9.17) is 11.1 Å². The Morgan fingerprint density at radius 1 is 0.820 bits per heavy atom. The van der Waals surface area contributed by atoms with E-state index >= 15 is 0 Å². The number of aldehydes is 1. The van der Waals surface area contributed by atoms with Gasteiger partial charge in [-0.05, 0) is 30.3 Å². The maximum atomic E-state index is 12.7. The fourth-order valence-electron chi connectivity index (χ4n) is 5.10. The number of aromatic nitrogens is 5. The summed E-state index contributed by atoms with van der Waals surface area (Å²) >= 11 is 0. The standard InChI is InChI=1S/C19H20F3N7O.C10H12F3N3.C4H8O.CHF3.CH5N3.H4N2/c20-19(21,22)14-1-2-16(25-10-14)29-5-3-28(4-6-29)11-13-9-26-27-17(13)15-7-12(8-24-15)18(23)30;11-10(12,13)8-1-2-9(15-7-8)16-5-3-14-4-6-16;1-4(2)3-5;2*2-1(3)4;1-2/h1-2,7-10,24H,3-6,11H2,(H2,23,30)(H,26,27);1-2,7,14H,3-6H2;3-4H,1-2H3;1H;(H5,2,3,4);1-2H2. The molecule has 2 saturated heterocycles. The van der Waals surface area contributed by atoms with Crippen molar-refractivity contribution >= 4 is 29.8 Å². The fourth-order valence-corrected chi connectivity index (χ4v) is 5.10. The van der Waals surface area contributed by atoms with Crippen LogP contribution in [-0.4, -0.2) is 107 Å². The number of nitrogens with two attached hydrogens (primary N) is 5. The van der Waals surface area contributed by atoms with E-state index in [0.717, 1.165) is 87.0 Å². The molecule has 4 aromatic heterocycles. The number of nitrogens with zero attached hydrogens (tertiary/aromatic N) is 6. The minimum atomic E-state index is -4.39. The Kier molecular flexibility index (Phi) is 22.8. The number of guanidine groups is 1. The molecule has 6 rings (SSSR count). The third kappa shape index (κ3) is 20.2. The van der Waals surface area contributed by atoms with Crippen LogP contribution in [0.25, 0.3) is 11.4 Å². The van der Waals surface area contributed by atoms with Gasteiger partial charge in [-0.25, -0.2) is 9.97 Å². The monoisotopic (exact) mass is 883 g/mol. The van der Waals surface area contributed by atoms with E-state index < -0.39 is 36.1 Å². The van der Waals surface area contributed by atoms with Crippen molar-refractivity contribution in [2.45, 2.75) is 39.4 Å². The highest BCUT2D eigenvalue weighted by Gasteiger charge is 2.32. The summed E-state index contributed by atoms with van der Waals surface area (Å²) in [5.41, 5.74) is 15.7. The van der Waals surface area contributed by atoms with Crippen LogP contribution in [0.2, 0.25) is 0 Å². The molecule has 14 N–H and O–H groups in total. The van der Waals surface area contributed by atoms with Crippen LogP contribution >= 0.6 is 0 Å². The van der Waals surface area contributed by atoms with Crippen LogP contribution in [0, 0.1) is 11.3 Å². The van der Waals surface area contributed by atoms with Gasteiger partial charge >= 0.3 is 19.0 Å². The summed E-state index contributed by atoms with van der Waals surface area (Å²) in [5.74, 6) is 8.51. The van der Waals surface area contributed by atoms with Crippen molar-refractivity contribution < 1.29 is 49.1 Å². The maximum Gasteiger partial charge on any atom is 0.417 e. The molecule has 0 aliphatic carbocycles. The van der Waals surface area contributed by atoms with Gasteiger partial charge in [-0.3, -0.25) is 31.9 Å². The average Bonchev–Trinajstić information content (AvgIpc) is 3.89. The number of piperazine rings is 2. The minimum Gasteiger partial charge on any atom is -0.370 e. The van der Waals surface area contributed by atoms with E-state index in [9.17, 15) is 49.1 Å². The van der Waals surface area contributed by atoms with Gasteiger partial charge in [0.25, 0.3) is 0 Å². The third-order valence-corrected chi connectivity index (χ3v) is 7.91. The highest BCUT2D eigenvalue weighted by Crippen LogP contribution is 2.31. The smallest absolute Gasteiger partial charge is 0.370 e. The Morgan fingerprint density at radius 2 is 1.26 bits per heavy atom. The minimum absolute atomic E-state index is 0.204. The number of halogens is 9. The summed E-state index contributed by atoms with van der Waals surface area (Å²) in [7, 11) is 0. The van der Waals surface area contributed by atoms with Crippen LogP contribution in [0.15, 0.2) is 55.1 Å². The number of H-pyrrole nitrogens is 2. The van der Waals surface area contributed by atoms with Crippen molar-refractivity contribution in [3.63, 3.8) is 0 Å². The van der Waals surface area contributed by atoms with Crippen LogP contribution in [0.3, 0.4) is 0 Å². The molecule has 2 aliphatic heterocycles. The Hall–Kier alpha value is -5.99. The molecule has 0 radical (unpaired) electrons. The van der Waals surface area contributed by atoms with Gasteiger partial charge in [0.05, 0.1) is 34.3 Å². The highest BCUT2D eigenvalue weighted by molar-refractivity contribution is 5.93. The lowest BCUT2D eigenvalue weighted by Gasteiger charge is -2.35. The second kappa shape index (κ2) is 26.3. The number of hydrazine groups is 1. The van der Waals surface area contributed by atoms with Crippen molar-refractivity contribution in [1.29, 1.82) is 5.41 Å². The van der Waals surface area contributed by atoms with Crippen LogP contribution in [0.5, 0.6) is 0 Å². The molecule has 340 valence electrons. The largest absolute Gasteiger partial charge is 0.417 e. The van der Waals surface area contributed by atoms with Crippen LogP contribution in [0.1, 0.15) is 40.9 Å². The summed E-state index contributed by atoms with van der Waals surface area (Å²) in [6.45, 7) is 6.67. The molecule has 0 atom stereocenters. The number of alkyl halides is 9. The quantitative estimate of drug-likeness (QED) is 0.0322. The Bertz CT molecular complexity index is 1830. The van der Waals surface area contributed by atoms with E-state index in [1.165, 1.54) is 12.1 Å². The molecule has 0 spiro atoms. The van der Waals surface area contributed by atoms with Gasteiger partial charge in [0, 0.05) is 89.0 Å². The molecular formula is C35H50F9N15O2. The Balaban J connectivity index is 0.000000499. The predicted octanol–water partition coefficient (Wildman–Crippen LogP) is 3.43. The summed E-state index contributed by atoms with van der Waals surface area (Å²) in [6, 6.07) is 6.64. The number of amides is 1. The zero-order valence-electron chi connectivity index (χ0n) is 33.1. The number of pyridine rings is 2. The fraction of sp³-hybridized carbons (Fsp3) is 0.429. The van der Waals surface area contributed by atoms with Gasteiger partial charge in [-0.1, -0.05) is 13.8 Å². The topological polar surface area (TPSA) is 280 Å². The number of hydrogen-bond donors (Lipinski definition) is 9. The zero-order chi connectivity index (χ0) is 46.3.